The summed E-state index contributed by atoms with van der Waals surface area (Å²) in [5.41, 5.74) is 0.319. The molecule has 1 amide bonds. The number of carbonyl (C=O) groups is 1. The van der Waals surface area contributed by atoms with E-state index in [1.807, 2.05) is 0 Å². The molecule has 0 fully saturated rings. The van der Waals surface area contributed by atoms with Crippen LogP contribution < -0.4 is 10.0 Å². The number of rotatable bonds is 5. The first kappa shape index (κ1) is 17.8. The van der Waals surface area contributed by atoms with E-state index >= 15 is 0 Å². The fraction of sp³-hybridized carbons (Fsp3) is 0. The molecular formula is C14H9ClFN3O3S3. The molecule has 6 nitrogen and oxygen atoms in total. The highest BCUT2D eigenvalue weighted by Crippen LogP contribution is 2.24. The lowest BCUT2D eigenvalue weighted by atomic mass is 10.3. The molecule has 130 valence electrons. The molecule has 0 unspecified atom stereocenters. The van der Waals surface area contributed by atoms with Gasteiger partial charge in [0.2, 0.25) is 0 Å². The van der Waals surface area contributed by atoms with Gasteiger partial charge in [0, 0.05) is 11.1 Å². The summed E-state index contributed by atoms with van der Waals surface area (Å²) >= 11 is 7.70. The fourth-order valence-corrected chi connectivity index (χ4v) is 4.89. The maximum atomic E-state index is 13.1. The molecule has 3 rings (SSSR count). The smallest absolute Gasteiger partial charge is 0.275 e. The van der Waals surface area contributed by atoms with Crippen molar-refractivity contribution in [1.82, 2.24) is 4.98 Å². The Bertz CT molecular complexity index is 1020. The van der Waals surface area contributed by atoms with Gasteiger partial charge in [0.05, 0.1) is 5.02 Å². The number of nitrogens with zero attached hydrogens (tertiary/aromatic N) is 1. The first-order chi connectivity index (χ1) is 11.8. The molecule has 0 aliphatic heterocycles. The second kappa shape index (κ2) is 7.08. The summed E-state index contributed by atoms with van der Waals surface area (Å²) in [4.78, 5) is 16.1. The van der Waals surface area contributed by atoms with Crippen LogP contribution in [-0.4, -0.2) is 19.3 Å². The van der Waals surface area contributed by atoms with Gasteiger partial charge in [-0.05, 0) is 29.6 Å². The molecule has 11 heteroatoms. The quantitative estimate of drug-likeness (QED) is 0.655. The summed E-state index contributed by atoms with van der Waals surface area (Å²) in [6.45, 7) is 0. The largest absolute Gasteiger partial charge is 0.321 e. The van der Waals surface area contributed by atoms with Crippen LogP contribution in [0.25, 0.3) is 0 Å². The van der Waals surface area contributed by atoms with Crippen LogP contribution in [-0.2, 0) is 10.0 Å². The van der Waals surface area contributed by atoms with Crippen molar-refractivity contribution >= 4 is 61.0 Å². The third kappa shape index (κ3) is 4.15. The van der Waals surface area contributed by atoms with Gasteiger partial charge in [-0.1, -0.05) is 17.7 Å². The number of anilines is 2. The third-order valence-corrected chi connectivity index (χ3v) is 6.81. The van der Waals surface area contributed by atoms with Gasteiger partial charge in [0.25, 0.3) is 15.9 Å². The van der Waals surface area contributed by atoms with Gasteiger partial charge in [0.1, 0.15) is 15.7 Å². The minimum absolute atomic E-state index is 0.0225. The SMILES string of the molecule is O=C(Nc1ccc(F)c(Cl)c1)c1csc(NS(=O)(=O)c2cccs2)n1. The lowest BCUT2D eigenvalue weighted by Gasteiger charge is -2.04. The second-order valence-electron chi connectivity index (χ2n) is 4.66. The Balaban J connectivity index is 1.72. The van der Waals surface area contributed by atoms with Gasteiger partial charge in [-0.3, -0.25) is 9.52 Å². The number of halogens is 2. The minimum atomic E-state index is -3.73. The van der Waals surface area contributed by atoms with Crippen LogP contribution in [0.1, 0.15) is 10.5 Å². The first-order valence-corrected chi connectivity index (χ1v) is 10.3. The third-order valence-electron chi connectivity index (χ3n) is 2.90. The summed E-state index contributed by atoms with van der Waals surface area (Å²) in [6.07, 6.45) is 0. The van der Waals surface area contributed by atoms with Gasteiger partial charge in [-0.15, -0.1) is 22.7 Å². The molecule has 0 saturated carbocycles. The van der Waals surface area contributed by atoms with E-state index in [0.29, 0.717) is 5.69 Å². The lowest BCUT2D eigenvalue weighted by Crippen LogP contribution is -2.14. The number of sulfonamides is 1. The number of aromatic nitrogens is 1. The van der Waals surface area contributed by atoms with Crippen molar-refractivity contribution in [2.45, 2.75) is 4.21 Å². The average Bonchev–Trinajstić information content (AvgIpc) is 3.22. The highest BCUT2D eigenvalue weighted by Gasteiger charge is 2.19. The standard InChI is InChI=1S/C14H9ClFN3O3S3/c15-9-6-8(3-4-10(9)16)17-13(20)11-7-24-14(18-11)19-25(21,22)12-2-1-5-23-12/h1-7H,(H,17,20)(H,18,19). The van der Waals surface area contributed by atoms with Crippen molar-refractivity contribution in [1.29, 1.82) is 0 Å². The molecule has 0 bridgehead atoms. The molecule has 1 aromatic carbocycles. The van der Waals surface area contributed by atoms with Crippen molar-refractivity contribution < 1.29 is 17.6 Å². The van der Waals surface area contributed by atoms with Crippen molar-refractivity contribution in [3.8, 4) is 0 Å². The molecule has 0 radical (unpaired) electrons. The second-order valence-corrected chi connectivity index (χ2v) is 8.78. The van der Waals surface area contributed by atoms with E-state index in [-0.39, 0.29) is 20.1 Å². The number of hydrogen-bond donors (Lipinski definition) is 2. The summed E-state index contributed by atoms with van der Waals surface area (Å²) in [5, 5.41) is 5.50. The van der Waals surface area contributed by atoms with Crippen LogP contribution in [0.5, 0.6) is 0 Å². The maximum Gasteiger partial charge on any atom is 0.275 e. The van der Waals surface area contributed by atoms with E-state index in [4.69, 9.17) is 11.6 Å². The average molecular weight is 418 g/mol. The van der Waals surface area contributed by atoms with E-state index in [2.05, 4.69) is 15.0 Å². The normalized spacial score (nSPS) is 11.3. The predicted molar refractivity (Wildman–Crippen MR) is 96.6 cm³/mol. The van der Waals surface area contributed by atoms with Crippen LogP contribution in [0.15, 0.2) is 45.3 Å². The van der Waals surface area contributed by atoms with Crippen molar-refractivity contribution in [3.05, 3.63) is 57.6 Å². The Morgan fingerprint density at radius 1 is 1.24 bits per heavy atom. The number of amides is 1. The number of hydrogen-bond acceptors (Lipinski definition) is 6. The van der Waals surface area contributed by atoms with Crippen molar-refractivity contribution in [2.24, 2.45) is 0 Å². The van der Waals surface area contributed by atoms with Crippen LogP contribution in [0.3, 0.4) is 0 Å². The van der Waals surface area contributed by atoms with E-state index in [1.165, 1.54) is 23.6 Å². The molecule has 0 spiro atoms. The zero-order chi connectivity index (χ0) is 18.0. The van der Waals surface area contributed by atoms with Gasteiger partial charge >= 0.3 is 0 Å². The molecule has 0 aliphatic rings. The fourth-order valence-electron chi connectivity index (χ4n) is 1.78. The molecule has 25 heavy (non-hydrogen) atoms. The minimum Gasteiger partial charge on any atom is -0.321 e. The molecule has 0 aliphatic carbocycles. The Morgan fingerprint density at radius 2 is 2.04 bits per heavy atom. The molecule has 3 aromatic rings. The zero-order valence-electron chi connectivity index (χ0n) is 12.2. The van der Waals surface area contributed by atoms with Gasteiger partial charge < -0.3 is 5.32 Å². The number of carbonyl (C=O) groups excluding carboxylic acids is 1. The maximum absolute atomic E-state index is 13.1. The Labute approximate surface area is 155 Å². The molecular weight excluding hydrogens is 409 g/mol. The Kier molecular flexibility index (Phi) is 5.04. The summed E-state index contributed by atoms with van der Waals surface area (Å²) in [7, 11) is -3.73. The van der Waals surface area contributed by atoms with Crippen LogP contribution >= 0.6 is 34.3 Å². The molecule has 2 heterocycles. The summed E-state index contributed by atoms with van der Waals surface area (Å²) < 4.78 is 39.8. The molecule has 0 atom stereocenters. The molecule has 2 aromatic heterocycles. The lowest BCUT2D eigenvalue weighted by molar-refractivity contribution is 0.102. The van der Waals surface area contributed by atoms with Crippen LogP contribution in [0.2, 0.25) is 5.02 Å². The Morgan fingerprint density at radius 3 is 2.72 bits per heavy atom. The monoisotopic (exact) mass is 417 g/mol. The van der Waals surface area contributed by atoms with E-state index in [0.717, 1.165) is 28.7 Å². The molecule has 0 saturated heterocycles. The number of thiazole rings is 1. The van der Waals surface area contributed by atoms with Gasteiger partial charge in [-0.25, -0.2) is 17.8 Å². The highest BCUT2D eigenvalue weighted by molar-refractivity contribution is 7.94. The number of thiophene rings is 1. The van der Waals surface area contributed by atoms with Gasteiger partial charge in [-0.2, -0.15) is 0 Å². The van der Waals surface area contributed by atoms with E-state index in [1.54, 1.807) is 11.4 Å². The van der Waals surface area contributed by atoms with E-state index < -0.39 is 21.7 Å². The van der Waals surface area contributed by atoms with Crippen molar-refractivity contribution in [2.75, 3.05) is 10.0 Å². The van der Waals surface area contributed by atoms with Crippen LogP contribution in [0, 0.1) is 5.82 Å². The van der Waals surface area contributed by atoms with Gasteiger partial charge in [0.15, 0.2) is 5.13 Å². The summed E-state index contributed by atoms with van der Waals surface area (Å²) in [5.74, 6) is -1.17. The van der Waals surface area contributed by atoms with E-state index in [9.17, 15) is 17.6 Å². The van der Waals surface area contributed by atoms with Crippen molar-refractivity contribution in [3.63, 3.8) is 0 Å². The first-order valence-electron chi connectivity index (χ1n) is 6.63. The Hall–Kier alpha value is -2.01. The highest BCUT2D eigenvalue weighted by atomic mass is 35.5. The summed E-state index contributed by atoms with van der Waals surface area (Å²) in [6, 6.07) is 6.83. The molecule has 2 N–H and O–H groups in total. The van der Waals surface area contributed by atoms with Crippen LogP contribution in [0.4, 0.5) is 15.2 Å². The zero-order valence-corrected chi connectivity index (χ0v) is 15.4. The number of benzene rings is 1. The topological polar surface area (TPSA) is 88.2 Å². The predicted octanol–water partition coefficient (Wildman–Crippen LogP) is 4.05. The number of nitrogens with one attached hydrogen (secondary N) is 2.